The van der Waals surface area contributed by atoms with Gasteiger partial charge in [0.1, 0.15) is 0 Å². The SMILES string of the molecule is FC(F)(F)Cc1ccc(C(F)(F)F)cc1Br. The molecular formula is C9H5BrF6. The second-order valence-corrected chi connectivity index (χ2v) is 3.95. The van der Waals surface area contributed by atoms with E-state index < -0.39 is 24.3 Å². The fourth-order valence-corrected chi connectivity index (χ4v) is 1.60. The average molecular weight is 307 g/mol. The average Bonchev–Trinajstić information content (AvgIpc) is 2.04. The van der Waals surface area contributed by atoms with Crippen LogP contribution in [0.2, 0.25) is 0 Å². The van der Waals surface area contributed by atoms with Gasteiger partial charge in [-0.05, 0) is 17.7 Å². The van der Waals surface area contributed by atoms with Gasteiger partial charge in [0.25, 0.3) is 0 Å². The minimum Gasteiger partial charge on any atom is -0.171 e. The maximum atomic E-state index is 12.2. The molecule has 0 bridgehead atoms. The number of benzene rings is 1. The lowest BCUT2D eigenvalue weighted by Gasteiger charge is -2.11. The Labute approximate surface area is 95.4 Å². The molecule has 0 heterocycles. The van der Waals surface area contributed by atoms with Crippen LogP contribution in [0.25, 0.3) is 0 Å². The van der Waals surface area contributed by atoms with Crippen molar-refractivity contribution in [3.05, 3.63) is 33.8 Å². The van der Waals surface area contributed by atoms with E-state index in [0.717, 1.165) is 6.07 Å². The molecule has 0 amide bonds. The Bertz CT molecular complexity index is 379. The molecule has 0 saturated heterocycles. The molecule has 1 aromatic carbocycles. The highest BCUT2D eigenvalue weighted by atomic mass is 79.9. The molecule has 0 atom stereocenters. The number of hydrogen-bond acceptors (Lipinski definition) is 0. The Kier molecular flexibility index (Phi) is 3.56. The molecule has 1 rings (SSSR count). The van der Waals surface area contributed by atoms with Crippen LogP contribution < -0.4 is 0 Å². The molecule has 0 unspecified atom stereocenters. The fourth-order valence-electron chi connectivity index (χ4n) is 1.08. The van der Waals surface area contributed by atoms with Crippen molar-refractivity contribution in [3.8, 4) is 0 Å². The quantitative estimate of drug-likeness (QED) is 0.667. The van der Waals surface area contributed by atoms with Gasteiger partial charge in [0.05, 0.1) is 12.0 Å². The smallest absolute Gasteiger partial charge is 0.171 e. The molecule has 0 aromatic heterocycles. The first-order chi connectivity index (χ1) is 7.09. The molecule has 16 heavy (non-hydrogen) atoms. The van der Waals surface area contributed by atoms with Crippen LogP contribution in [0.15, 0.2) is 22.7 Å². The van der Waals surface area contributed by atoms with Gasteiger partial charge in [0.15, 0.2) is 0 Å². The van der Waals surface area contributed by atoms with Gasteiger partial charge >= 0.3 is 12.4 Å². The van der Waals surface area contributed by atoms with E-state index in [0.29, 0.717) is 12.1 Å². The highest BCUT2D eigenvalue weighted by Crippen LogP contribution is 2.34. The van der Waals surface area contributed by atoms with E-state index in [2.05, 4.69) is 15.9 Å². The molecule has 0 aliphatic carbocycles. The molecule has 0 N–H and O–H groups in total. The van der Waals surface area contributed by atoms with Crippen LogP contribution in [0.3, 0.4) is 0 Å². The summed E-state index contributed by atoms with van der Waals surface area (Å²) in [5.41, 5.74) is -1.20. The topological polar surface area (TPSA) is 0 Å². The Balaban J connectivity index is 3.01. The third kappa shape index (κ3) is 3.70. The van der Waals surface area contributed by atoms with E-state index in [9.17, 15) is 26.3 Å². The lowest BCUT2D eigenvalue weighted by Crippen LogP contribution is -2.12. The second kappa shape index (κ2) is 4.27. The van der Waals surface area contributed by atoms with Crippen molar-refractivity contribution in [2.24, 2.45) is 0 Å². The molecule has 0 fully saturated rings. The normalized spacial score (nSPS) is 12.9. The highest BCUT2D eigenvalue weighted by Gasteiger charge is 2.32. The van der Waals surface area contributed by atoms with Crippen molar-refractivity contribution in [2.45, 2.75) is 18.8 Å². The number of hydrogen-bond donors (Lipinski definition) is 0. The molecule has 7 heteroatoms. The van der Waals surface area contributed by atoms with Gasteiger partial charge in [-0.3, -0.25) is 0 Å². The highest BCUT2D eigenvalue weighted by molar-refractivity contribution is 9.10. The van der Waals surface area contributed by atoms with Crippen LogP contribution in [0.5, 0.6) is 0 Å². The molecule has 0 aliphatic heterocycles. The van der Waals surface area contributed by atoms with E-state index >= 15 is 0 Å². The molecule has 1 aromatic rings. The van der Waals surface area contributed by atoms with Gasteiger partial charge in [-0.15, -0.1) is 0 Å². The van der Waals surface area contributed by atoms with Crippen molar-refractivity contribution in [2.75, 3.05) is 0 Å². The van der Waals surface area contributed by atoms with Crippen LogP contribution in [0, 0.1) is 0 Å². The predicted octanol–water partition coefficient (Wildman–Crippen LogP) is 4.57. The van der Waals surface area contributed by atoms with Crippen molar-refractivity contribution in [3.63, 3.8) is 0 Å². The Morgan fingerprint density at radius 3 is 1.94 bits per heavy atom. The van der Waals surface area contributed by atoms with E-state index in [-0.39, 0.29) is 10.0 Å². The van der Waals surface area contributed by atoms with Gasteiger partial charge < -0.3 is 0 Å². The van der Waals surface area contributed by atoms with Gasteiger partial charge in [0.2, 0.25) is 0 Å². The van der Waals surface area contributed by atoms with Crippen LogP contribution in [0.4, 0.5) is 26.3 Å². The third-order valence-corrected chi connectivity index (χ3v) is 2.51. The first kappa shape index (κ1) is 13.3. The summed E-state index contributed by atoms with van der Waals surface area (Å²) in [5.74, 6) is 0. The third-order valence-electron chi connectivity index (χ3n) is 1.77. The zero-order valence-electron chi connectivity index (χ0n) is 7.58. The zero-order valence-corrected chi connectivity index (χ0v) is 9.17. The van der Waals surface area contributed by atoms with Gasteiger partial charge in [0, 0.05) is 4.47 Å². The lowest BCUT2D eigenvalue weighted by molar-refractivity contribution is -0.137. The van der Waals surface area contributed by atoms with E-state index in [1.807, 2.05) is 0 Å². The van der Waals surface area contributed by atoms with Gasteiger partial charge in [-0.25, -0.2) is 0 Å². The summed E-state index contributed by atoms with van der Waals surface area (Å²) < 4.78 is 72.4. The van der Waals surface area contributed by atoms with E-state index in [1.54, 1.807) is 0 Å². The van der Waals surface area contributed by atoms with Gasteiger partial charge in [-0.2, -0.15) is 26.3 Å². The second-order valence-electron chi connectivity index (χ2n) is 3.10. The predicted molar refractivity (Wildman–Crippen MR) is 48.9 cm³/mol. The maximum absolute atomic E-state index is 12.2. The largest absolute Gasteiger partial charge is 0.416 e. The maximum Gasteiger partial charge on any atom is 0.416 e. The van der Waals surface area contributed by atoms with Crippen molar-refractivity contribution < 1.29 is 26.3 Å². The summed E-state index contributed by atoms with van der Waals surface area (Å²) in [7, 11) is 0. The summed E-state index contributed by atoms with van der Waals surface area (Å²) in [6, 6.07) is 2.09. The van der Waals surface area contributed by atoms with Crippen LogP contribution >= 0.6 is 15.9 Å². The van der Waals surface area contributed by atoms with Gasteiger partial charge in [-0.1, -0.05) is 22.0 Å². The van der Waals surface area contributed by atoms with E-state index in [1.165, 1.54) is 0 Å². The number of rotatable bonds is 1. The Morgan fingerprint density at radius 1 is 1.00 bits per heavy atom. The van der Waals surface area contributed by atoms with Crippen LogP contribution in [-0.2, 0) is 12.6 Å². The van der Waals surface area contributed by atoms with E-state index in [4.69, 9.17) is 0 Å². The van der Waals surface area contributed by atoms with Crippen LogP contribution in [-0.4, -0.2) is 6.18 Å². The number of alkyl halides is 6. The summed E-state index contributed by atoms with van der Waals surface area (Å²) in [6.45, 7) is 0. The standard InChI is InChI=1S/C9H5BrF6/c10-7-3-6(9(14,15)16)2-1-5(7)4-8(11,12)13/h1-3H,4H2. The zero-order chi connectivity index (χ0) is 12.6. The van der Waals surface area contributed by atoms with Crippen molar-refractivity contribution >= 4 is 15.9 Å². The summed E-state index contributed by atoms with van der Waals surface area (Å²) in [6.07, 6.45) is -10.3. The lowest BCUT2D eigenvalue weighted by atomic mass is 10.1. The minimum atomic E-state index is -4.56. The molecule has 0 nitrogen and oxygen atoms in total. The molecule has 0 spiro atoms. The molecule has 0 radical (unpaired) electrons. The summed E-state index contributed by atoms with van der Waals surface area (Å²) in [4.78, 5) is 0. The van der Waals surface area contributed by atoms with Crippen molar-refractivity contribution in [1.82, 2.24) is 0 Å². The summed E-state index contributed by atoms with van der Waals surface area (Å²) in [5, 5.41) is 0. The minimum absolute atomic E-state index is 0.195. The van der Waals surface area contributed by atoms with Crippen LogP contribution in [0.1, 0.15) is 11.1 Å². The molecule has 0 saturated carbocycles. The first-order valence-corrected chi connectivity index (χ1v) is 4.81. The summed E-state index contributed by atoms with van der Waals surface area (Å²) >= 11 is 2.69. The number of halogens is 7. The molecule has 0 aliphatic rings. The Morgan fingerprint density at radius 2 is 1.56 bits per heavy atom. The molecule has 90 valence electrons. The monoisotopic (exact) mass is 306 g/mol. The Hall–Kier alpha value is -0.720. The fraction of sp³-hybridized carbons (Fsp3) is 0.333. The first-order valence-electron chi connectivity index (χ1n) is 4.02. The van der Waals surface area contributed by atoms with Crippen molar-refractivity contribution in [1.29, 1.82) is 0 Å². The molecular weight excluding hydrogens is 302 g/mol.